The lowest BCUT2D eigenvalue weighted by molar-refractivity contribution is -0.704. The van der Waals surface area contributed by atoms with E-state index in [1.165, 1.54) is 37.9 Å². The first kappa shape index (κ1) is 12.3. The summed E-state index contributed by atoms with van der Waals surface area (Å²) >= 11 is 0. The molecule has 1 aromatic rings. The summed E-state index contributed by atoms with van der Waals surface area (Å²) < 4.78 is 2.40. The molecule has 1 heterocycles. The first-order valence-electron chi connectivity index (χ1n) is 6.40. The van der Waals surface area contributed by atoms with Crippen LogP contribution in [0.4, 0.5) is 0 Å². The fraction of sp³-hybridized carbons (Fsp3) is 0.769. The van der Waals surface area contributed by atoms with Crippen molar-refractivity contribution in [1.29, 1.82) is 0 Å². The number of aromatic nitrogens is 2. The second-order valence-corrected chi connectivity index (χ2v) is 4.29. The first-order valence-corrected chi connectivity index (χ1v) is 6.40. The van der Waals surface area contributed by atoms with E-state index < -0.39 is 0 Å². The molecular weight excluding hydrogens is 184 g/mol. The van der Waals surface area contributed by atoms with Gasteiger partial charge in [0.2, 0.25) is 0 Å². The van der Waals surface area contributed by atoms with E-state index in [4.69, 9.17) is 0 Å². The average Bonchev–Trinajstić information content (AvgIpc) is 2.71. The van der Waals surface area contributed by atoms with E-state index in [0.717, 1.165) is 6.54 Å². The maximum atomic E-state index is 3.41. The lowest BCUT2D eigenvalue weighted by Crippen LogP contribution is -2.37. The molecule has 15 heavy (non-hydrogen) atoms. The normalized spacial score (nSPS) is 13.0. The third kappa shape index (κ3) is 3.37. The van der Waals surface area contributed by atoms with E-state index in [1.54, 1.807) is 0 Å². The molecule has 0 aliphatic carbocycles. The van der Waals surface area contributed by atoms with Crippen LogP contribution in [-0.2, 0) is 6.54 Å². The molecule has 2 heteroatoms. The highest BCUT2D eigenvalue weighted by Crippen LogP contribution is 2.20. The number of aromatic amines is 1. The van der Waals surface area contributed by atoms with Crippen LogP contribution in [0.3, 0.4) is 0 Å². The molecule has 0 saturated heterocycles. The third-order valence-electron chi connectivity index (χ3n) is 3.06. The van der Waals surface area contributed by atoms with E-state index in [-0.39, 0.29) is 0 Å². The van der Waals surface area contributed by atoms with Gasteiger partial charge in [-0.15, -0.1) is 0 Å². The summed E-state index contributed by atoms with van der Waals surface area (Å²) in [4.78, 5) is 3.41. The van der Waals surface area contributed by atoms with Gasteiger partial charge in [0.25, 0.3) is 5.82 Å². The summed E-state index contributed by atoms with van der Waals surface area (Å²) in [6.07, 6.45) is 10.6. The number of hydrogen-bond donors (Lipinski definition) is 1. The van der Waals surface area contributed by atoms with Gasteiger partial charge in [0.15, 0.2) is 0 Å². The van der Waals surface area contributed by atoms with Gasteiger partial charge >= 0.3 is 0 Å². The number of aryl methyl sites for hydroxylation is 1. The Kier molecular flexibility index (Phi) is 5.44. The van der Waals surface area contributed by atoms with Gasteiger partial charge in [0, 0.05) is 0 Å². The maximum absolute atomic E-state index is 3.41. The molecular formula is C13H25N2+. The van der Waals surface area contributed by atoms with Crippen molar-refractivity contribution in [2.75, 3.05) is 0 Å². The maximum Gasteiger partial charge on any atom is 0.257 e. The predicted octanol–water partition coefficient (Wildman–Crippen LogP) is 3.40. The minimum atomic E-state index is 0.710. The number of imidazole rings is 1. The Morgan fingerprint density at radius 1 is 1.27 bits per heavy atom. The highest BCUT2D eigenvalue weighted by atomic mass is 15.1. The molecule has 1 atom stereocenters. The molecule has 1 aromatic heterocycles. The van der Waals surface area contributed by atoms with E-state index in [9.17, 15) is 0 Å². The highest BCUT2D eigenvalue weighted by Gasteiger charge is 2.19. The Morgan fingerprint density at radius 3 is 2.67 bits per heavy atom. The quantitative estimate of drug-likeness (QED) is 0.664. The second kappa shape index (κ2) is 6.65. The van der Waals surface area contributed by atoms with Crippen molar-refractivity contribution in [1.82, 2.24) is 4.98 Å². The Bertz CT molecular complexity index is 265. The van der Waals surface area contributed by atoms with Crippen LogP contribution in [0.1, 0.15) is 64.6 Å². The number of hydrogen-bond acceptors (Lipinski definition) is 0. The number of unbranched alkanes of at least 4 members (excludes halogenated alkanes) is 1. The zero-order valence-electron chi connectivity index (χ0n) is 10.4. The predicted molar refractivity (Wildman–Crippen MR) is 63.8 cm³/mol. The minimum Gasteiger partial charge on any atom is -0.247 e. The fourth-order valence-electron chi connectivity index (χ4n) is 2.13. The zero-order valence-corrected chi connectivity index (χ0v) is 10.4. The summed E-state index contributed by atoms with van der Waals surface area (Å²) in [5.41, 5.74) is 0. The van der Waals surface area contributed by atoms with E-state index >= 15 is 0 Å². The van der Waals surface area contributed by atoms with Crippen LogP contribution in [0.15, 0.2) is 12.4 Å². The molecule has 86 valence electrons. The SMILES string of the molecule is CCCC[n+]1cc[nH]c1C(CC)CCC. The number of nitrogens with zero attached hydrogens (tertiary/aromatic N) is 1. The Balaban J connectivity index is 2.68. The first-order chi connectivity index (χ1) is 7.33. The molecule has 0 bridgehead atoms. The Hall–Kier alpha value is -0.790. The Morgan fingerprint density at radius 2 is 2.07 bits per heavy atom. The Labute approximate surface area is 93.7 Å². The van der Waals surface area contributed by atoms with Gasteiger partial charge in [-0.05, 0) is 19.3 Å². The zero-order chi connectivity index (χ0) is 11.1. The summed E-state index contributed by atoms with van der Waals surface area (Å²) in [6, 6.07) is 0. The van der Waals surface area contributed by atoms with Crippen molar-refractivity contribution in [2.45, 2.75) is 65.3 Å². The van der Waals surface area contributed by atoms with Crippen LogP contribution >= 0.6 is 0 Å². The van der Waals surface area contributed by atoms with Gasteiger partial charge in [0.1, 0.15) is 12.4 Å². The summed E-state index contributed by atoms with van der Waals surface area (Å²) in [5, 5.41) is 0. The van der Waals surface area contributed by atoms with Gasteiger partial charge < -0.3 is 0 Å². The molecule has 0 fully saturated rings. The van der Waals surface area contributed by atoms with E-state index in [2.05, 4.69) is 42.7 Å². The van der Waals surface area contributed by atoms with Crippen molar-refractivity contribution in [3.8, 4) is 0 Å². The van der Waals surface area contributed by atoms with Crippen LogP contribution < -0.4 is 4.57 Å². The van der Waals surface area contributed by atoms with E-state index in [1.807, 2.05) is 0 Å². The second-order valence-electron chi connectivity index (χ2n) is 4.29. The van der Waals surface area contributed by atoms with Gasteiger partial charge in [-0.2, -0.15) is 0 Å². The van der Waals surface area contributed by atoms with Crippen molar-refractivity contribution in [3.05, 3.63) is 18.2 Å². The minimum absolute atomic E-state index is 0.710. The fourth-order valence-corrected chi connectivity index (χ4v) is 2.13. The monoisotopic (exact) mass is 209 g/mol. The molecule has 2 nitrogen and oxygen atoms in total. The topological polar surface area (TPSA) is 19.7 Å². The summed E-state index contributed by atoms with van der Waals surface area (Å²) in [7, 11) is 0. The number of H-pyrrole nitrogens is 1. The molecule has 0 saturated carbocycles. The standard InChI is InChI=1S/C13H24N2/c1-4-7-10-15-11-9-14-13(15)12(6-3)8-5-2/h9,11-12H,4-8,10H2,1-3H3/p+1. The van der Waals surface area contributed by atoms with Gasteiger partial charge in [-0.25, -0.2) is 9.55 Å². The molecule has 0 radical (unpaired) electrons. The molecule has 0 spiro atoms. The molecule has 1 N–H and O–H groups in total. The smallest absolute Gasteiger partial charge is 0.247 e. The van der Waals surface area contributed by atoms with Crippen LogP contribution in [-0.4, -0.2) is 4.98 Å². The third-order valence-corrected chi connectivity index (χ3v) is 3.06. The van der Waals surface area contributed by atoms with Gasteiger partial charge in [-0.3, -0.25) is 0 Å². The van der Waals surface area contributed by atoms with Crippen LogP contribution in [0.2, 0.25) is 0 Å². The van der Waals surface area contributed by atoms with Gasteiger partial charge in [0.05, 0.1) is 12.5 Å². The molecule has 1 unspecified atom stereocenters. The van der Waals surface area contributed by atoms with Gasteiger partial charge in [-0.1, -0.05) is 33.6 Å². The summed E-state index contributed by atoms with van der Waals surface area (Å²) in [5.74, 6) is 2.13. The average molecular weight is 209 g/mol. The summed E-state index contributed by atoms with van der Waals surface area (Å²) in [6.45, 7) is 7.96. The molecule has 0 aromatic carbocycles. The van der Waals surface area contributed by atoms with E-state index in [0.29, 0.717) is 5.92 Å². The highest BCUT2D eigenvalue weighted by molar-refractivity contribution is 4.88. The van der Waals surface area contributed by atoms with Crippen LogP contribution in [0, 0.1) is 0 Å². The number of rotatable bonds is 7. The van der Waals surface area contributed by atoms with Crippen molar-refractivity contribution in [2.24, 2.45) is 0 Å². The van der Waals surface area contributed by atoms with Crippen LogP contribution in [0.25, 0.3) is 0 Å². The molecule has 1 rings (SSSR count). The lowest BCUT2D eigenvalue weighted by Gasteiger charge is -2.09. The molecule has 0 aliphatic heterocycles. The van der Waals surface area contributed by atoms with Crippen LogP contribution in [0.5, 0.6) is 0 Å². The molecule has 0 amide bonds. The van der Waals surface area contributed by atoms with Crippen molar-refractivity contribution in [3.63, 3.8) is 0 Å². The molecule has 0 aliphatic rings. The van der Waals surface area contributed by atoms with Crippen molar-refractivity contribution >= 4 is 0 Å². The largest absolute Gasteiger partial charge is 0.257 e. The lowest BCUT2D eigenvalue weighted by atomic mass is 10.00. The van der Waals surface area contributed by atoms with Crippen molar-refractivity contribution < 1.29 is 4.57 Å². The number of nitrogens with one attached hydrogen (secondary N) is 1.